The summed E-state index contributed by atoms with van der Waals surface area (Å²) in [6, 6.07) is 0. The highest BCUT2D eigenvalue weighted by molar-refractivity contribution is 5.94. The molecular weight excluding hydrogens is 366 g/mol. The van der Waals surface area contributed by atoms with Crippen molar-refractivity contribution in [1.82, 2.24) is 25.3 Å². The summed E-state index contributed by atoms with van der Waals surface area (Å²) in [4.78, 5) is 29.2. The molecule has 1 aromatic heterocycles. The van der Waals surface area contributed by atoms with Gasteiger partial charge in [0.15, 0.2) is 5.69 Å². The Kier molecular flexibility index (Phi) is 6.76. The number of aromatic amines is 1. The second-order valence-corrected chi connectivity index (χ2v) is 7.84. The van der Waals surface area contributed by atoms with Gasteiger partial charge in [0.1, 0.15) is 0 Å². The molecule has 8 heteroatoms. The molecule has 150 valence electrons. The van der Waals surface area contributed by atoms with Crippen molar-refractivity contribution in [3.63, 3.8) is 0 Å². The average molecular weight is 396 g/mol. The lowest BCUT2D eigenvalue weighted by Gasteiger charge is -2.35. The average Bonchev–Trinajstić information content (AvgIpc) is 3.12. The smallest absolute Gasteiger partial charge is 0.274 e. The first kappa shape index (κ1) is 20.1. The molecule has 0 unspecified atom stereocenters. The van der Waals surface area contributed by atoms with E-state index in [0.29, 0.717) is 50.8 Å². The third-order valence-electron chi connectivity index (χ3n) is 6.12. The normalized spacial score (nSPS) is 20.7. The lowest BCUT2D eigenvalue weighted by atomic mass is 9.86. The van der Waals surface area contributed by atoms with E-state index in [0.717, 1.165) is 24.2 Å². The highest BCUT2D eigenvalue weighted by Gasteiger charge is 2.30. The quantitative estimate of drug-likeness (QED) is 0.816. The summed E-state index contributed by atoms with van der Waals surface area (Å²) in [5, 5.41) is 10.6. The minimum absolute atomic E-state index is 0. The molecule has 1 aliphatic carbocycles. The molecule has 1 saturated carbocycles. The van der Waals surface area contributed by atoms with Crippen LogP contribution >= 0.6 is 12.4 Å². The van der Waals surface area contributed by atoms with Crippen LogP contribution in [0.15, 0.2) is 0 Å². The van der Waals surface area contributed by atoms with Gasteiger partial charge in [0.2, 0.25) is 5.91 Å². The van der Waals surface area contributed by atoms with E-state index in [2.05, 4.69) is 15.5 Å². The van der Waals surface area contributed by atoms with Crippen LogP contribution in [0.25, 0.3) is 0 Å². The summed E-state index contributed by atoms with van der Waals surface area (Å²) in [7, 11) is 0. The fraction of sp³-hybridized carbons (Fsp3) is 0.737. The summed E-state index contributed by atoms with van der Waals surface area (Å²) >= 11 is 0. The minimum Gasteiger partial charge on any atom is -0.339 e. The number of hydrogen-bond donors (Lipinski definition) is 2. The molecule has 1 aromatic rings. The Morgan fingerprint density at radius 1 is 1.04 bits per heavy atom. The number of rotatable bonds is 3. The highest BCUT2D eigenvalue weighted by atomic mass is 35.5. The largest absolute Gasteiger partial charge is 0.339 e. The maximum absolute atomic E-state index is 12.8. The molecule has 7 nitrogen and oxygen atoms in total. The molecule has 3 aliphatic rings. The molecule has 0 bridgehead atoms. The van der Waals surface area contributed by atoms with Crippen LogP contribution in [-0.4, -0.2) is 64.5 Å². The van der Waals surface area contributed by atoms with Crippen molar-refractivity contribution < 1.29 is 9.59 Å². The van der Waals surface area contributed by atoms with Gasteiger partial charge in [-0.15, -0.1) is 12.4 Å². The van der Waals surface area contributed by atoms with Gasteiger partial charge >= 0.3 is 0 Å². The van der Waals surface area contributed by atoms with Crippen LogP contribution in [0.5, 0.6) is 0 Å². The van der Waals surface area contributed by atoms with Crippen molar-refractivity contribution in [3.8, 4) is 0 Å². The summed E-state index contributed by atoms with van der Waals surface area (Å²) in [5.41, 5.74) is 2.64. The van der Waals surface area contributed by atoms with E-state index in [-0.39, 0.29) is 24.2 Å². The Morgan fingerprint density at radius 2 is 1.74 bits per heavy atom. The minimum atomic E-state index is -0.00872. The van der Waals surface area contributed by atoms with E-state index in [1.807, 2.05) is 9.80 Å². The second-order valence-electron chi connectivity index (χ2n) is 7.84. The maximum Gasteiger partial charge on any atom is 0.274 e. The van der Waals surface area contributed by atoms with E-state index in [4.69, 9.17) is 0 Å². The molecule has 0 spiro atoms. The van der Waals surface area contributed by atoms with Crippen molar-refractivity contribution >= 4 is 24.2 Å². The van der Waals surface area contributed by atoms with Crippen LogP contribution in [0.4, 0.5) is 0 Å². The zero-order valence-corrected chi connectivity index (χ0v) is 16.7. The predicted octanol–water partition coefficient (Wildman–Crippen LogP) is 1.73. The highest BCUT2D eigenvalue weighted by Crippen LogP contribution is 2.27. The number of carbonyl (C=O) groups is 2. The molecule has 2 aliphatic heterocycles. The van der Waals surface area contributed by atoms with Crippen molar-refractivity contribution in [2.24, 2.45) is 5.92 Å². The standard InChI is InChI=1S/C19H29N5O2.ClH/c25-17(12-14-4-2-1-3-5-14)23-8-10-24(11-9-23)19(26)18-15-13-20-7-6-16(15)21-22-18;/h14,20H,1-13H2,(H,21,22);1H. The van der Waals surface area contributed by atoms with Crippen LogP contribution in [0.3, 0.4) is 0 Å². The number of hydrogen-bond acceptors (Lipinski definition) is 4. The van der Waals surface area contributed by atoms with E-state index >= 15 is 0 Å². The Hall–Kier alpha value is -1.60. The number of H-pyrrole nitrogens is 1. The van der Waals surface area contributed by atoms with Gasteiger partial charge < -0.3 is 15.1 Å². The number of amides is 2. The van der Waals surface area contributed by atoms with E-state index in [1.54, 1.807) is 0 Å². The Bertz CT molecular complexity index is 663. The van der Waals surface area contributed by atoms with Gasteiger partial charge in [-0.05, 0) is 18.8 Å². The number of fused-ring (bicyclic) bond motifs is 1. The van der Waals surface area contributed by atoms with Crippen LogP contribution in [0.1, 0.15) is 60.3 Å². The molecule has 0 aromatic carbocycles. The predicted molar refractivity (Wildman–Crippen MR) is 105 cm³/mol. The van der Waals surface area contributed by atoms with Crippen LogP contribution in [-0.2, 0) is 17.8 Å². The zero-order chi connectivity index (χ0) is 17.9. The SMILES string of the molecule is Cl.O=C(CC1CCCCC1)N1CCN(C(=O)c2n[nH]c3c2CNCC3)CC1. The van der Waals surface area contributed by atoms with Crippen molar-refractivity contribution in [3.05, 3.63) is 17.0 Å². The molecule has 0 radical (unpaired) electrons. The number of piperazine rings is 1. The lowest BCUT2D eigenvalue weighted by molar-refractivity contribution is -0.133. The van der Waals surface area contributed by atoms with Gasteiger partial charge in [0.25, 0.3) is 5.91 Å². The Morgan fingerprint density at radius 3 is 2.48 bits per heavy atom. The Labute approximate surface area is 166 Å². The molecule has 2 N–H and O–H groups in total. The zero-order valence-electron chi connectivity index (χ0n) is 15.8. The molecule has 2 fully saturated rings. The number of nitrogens with one attached hydrogen (secondary N) is 2. The molecule has 1 saturated heterocycles. The van der Waals surface area contributed by atoms with E-state index in [9.17, 15) is 9.59 Å². The molecule has 2 amide bonds. The monoisotopic (exact) mass is 395 g/mol. The summed E-state index contributed by atoms with van der Waals surface area (Å²) in [6.07, 6.45) is 7.82. The fourth-order valence-corrected chi connectivity index (χ4v) is 4.48. The van der Waals surface area contributed by atoms with Crippen LogP contribution in [0, 0.1) is 5.92 Å². The van der Waals surface area contributed by atoms with Crippen LogP contribution in [0.2, 0.25) is 0 Å². The third kappa shape index (κ3) is 4.46. The van der Waals surface area contributed by atoms with Gasteiger partial charge in [-0.1, -0.05) is 19.3 Å². The first-order valence-corrected chi connectivity index (χ1v) is 10.1. The first-order chi connectivity index (χ1) is 12.7. The number of carbonyl (C=O) groups excluding carboxylic acids is 2. The molecule has 27 heavy (non-hydrogen) atoms. The molecule has 0 atom stereocenters. The van der Waals surface area contributed by atoms with Crippen molar-refractivity contribution in [2.45, 2.75) is 51.5 Å². The summed E-state index contributed by atoms with van der Waals surface area (Å²) in [6.45, 7) is 4.11. The van der Waals surface area contributed by atoms with E-state index < -0.39 is 0 Å². The first-order valence-electron chi connectivity index (χ1n) is 10.1. The molecular formula is C19H30ClN5O2. The third-order valence-corrected chi connectivity index (χ3v) is 6.12. The van der Waals surface area contributed by atoms with Gasteiger partial charge in [0.05, 0.1) is 0 Å². The fourth-order valence-electron chi connectivity index (χ4n) is 4.48. The molecule has 3 heterocycles. The number of nitrogens with zero attached hydrogens (tertiary/aromatic N) is 3. The second kappa shape index (κ2) is 9.06. The lowest BCUT2D eigenvalue weighted by Crippen LogP contribution is -2.51. The van der Waals surface area contributed by atoms with Crippen molar-refractivity contribution in [2.75, 3.05) is 32.7 Å². The van der Waals surface area contributed by atoms with E-state index in [1.165, 1.54) is 32.1 Å². The van der Waals surface area contributed by atoms with Gasteiger partial charge in [0, 0.05) is 63.4 Å². The summed E-state index contributed by atoms with van der Waals surface area (Å²) < 4.78 is 0. The summed E-state index contributed by atoms with van der Waals surface area (Å²) in [5.74, 6) is 0.829. The van der Waals surface area contributed by atoms with Crippen LogP contribution < -0.4 is 5.32 Å². The maximum atomic E-state index is 12.8. The van der Waals surface area contributed by atoms with Gasteiger partial charge in [-0.3, -0.25) is 14.7 Å². The number of aromatic nitrogens is 2. The van der Waals surface area contributed by atoms with Gasteiger partial charge in [-0.25, -0.2) is 0 Å². The number of halogens is 1. The Balaban J connectivity index is 0.00000210. The molecule has 4 rings (SSSR count). The van der Waals surface area contributed by atoms with Gasteiger partial charge in [-0.2, -0.15) is 5.10 Å². The topological polar surface area (TPSA) is 81.3 Å². The van der Waals surface area contributed by atoms with Crippen molar-refractivity contribution in [1.29, 1.82) is 0 Å².